The Kier molecular flexibility index (Phi) is 5.99. The summed E-state index contributed by atoms with van der Waals surface area (Å²) in [5, 5.41) is 7.59. The molecule has 3 N–H and O–H groups in total. The maximum Gasteiger partial charge on any atom is 0.261 e. The number of benzene rings is 3. The third kappa shape index (κ3) is 4.68. The van der Waals surface area contributed by atoms with Crippen molar-refractivity contribution in [1.82, 2.24) is 14.6 Å². The number of hydrogen-bond acceptors (Lipinski definition) is 5. The van der Waals surface area contributed by atoms with E-state index in [0.717, 1.165) is 16.7 Å². The van der Waals surface area contributed by atoms with E-state index in [1.54, 1.807) is 6.21 Å². The summed E-state index contributed by atoms with van der Waals surface area (Å²) in [6, 6.07) is 21.5. The molecule has 0 bridgehead atoms. The normalized spacial score (nSPS) is 12.0. The van der Waals surface area contributed by atoms with Crippen molar-refractivity contribution >= 4 is 45.8 Å². The van der Waals surface area contributed by atoms with Crippen molar-refractivity contribution in [2.24, 2.45) is 5.10 Å². The lowest BCUT2D eigenvalue weighted by molar-refractivity contribution is 0.102. The van der Waals surface area contributed by atoms with Gasteiger partial charge >= 0.3 is 0 Å². The van der Waals surface area contributed by atoms with Crippen molar-refractivity contribution in [1.29, 1.82) is 0 Å². The molecular formula is C30H30N6O. The Balaban J connectivity index is 1.60. The van der Waals surface area contributed by atoms with Gasteiger partial charge in [0.15, 0.2) is 5.65 Å². The molecule has 0 radical (unpaired) electrons. The Morgan fingerprint density at radius 2 is 1.62 bits per heavy atom. The monoisotopic (exact) mass is 490 g/mol. The minimum Gasteiger partial charge on any atom is -0.383 e. The Morgan fingerprint density at radius 1 is 0.946 bits per heavy atom. The molecule has 3 aromatic carbocycles. The molecule has 0 saturated carbocycles. The van der Waals surface area contributed by atoms with E-state index in [-0.39, 0.29) is 22.7 Å². The maximum absolute atomic E-state index is 13.5. The Hall–Kier alpha value is -4.52. The molecule has 186 valence electrons. The fraction of sp³-hybridized carbons (Fsp3) is 0.200. The molecule has 2 heterocycles. The molecule has 0 fully saturated rings. The molecule has 0 unspecified atom stereocenters. The molecule has 0 atom stereocenters. The van der Waals surface area contributed by atoms with Gasteiger partial charge in [0, 0.05) is 5.69 Å². The number of aryl methyl sites for hydroxylation is 2. The van der Waals surface area contributed by atoms with Gasteiger partial charge in [-0.2, -0.15) is 9.78 Å². The van der Waals surface area contributed by atoms with E-state index in [2.05, 4.69) is 43.3 Å². The van der Waals surface area contributed by atoms with Crippen molar-refractivity contribution in [3.63, 3.8) is 0 Å². The van der Waals surface area contributed by atoms with Crippen LogP contribution in [0.3, 0.4) is 0 Å². The number of amides is 1. The third-order valence-corrected chi connectivity index (χ3v) is 6.56. The van der Waals surface area contributed by atoms with E-state index in [4.69, 9.17) is 15.7 Å². The Labute approximate surface area is 216 Å². The summed E-state index contributed by atoms with van der Waals surface area (Å²) in [4.78, 5) is 23.0. The standard InChI is InChI=1S/C30H30N6O/c1-18-10-15-22(16-19(18)2)33-29(37)25-26-28(35-24-9-7-6-8-23(24)34-26)36(27(25)31)32-17-20-11-13-21(14-12-20)30(3,4)5/h6-17H,31H2,1-5H3,(H,33,37)/b32-17+. The van der Waals surface area contributed by atoms with Crippen LogP contribution in [-0.2, 0) is 5.41 Å². The molecule has 0 saturated heterocycles. The second-order valence-electron chi connectivity index (χ2n) is 10.3. The van der Waals surface area contributed by atoms with Crippen LogP contribution in [0.4, 0.5) is 11.5 Å². The van der Waals surface area contributed by atoms with Crippen LogP contribution in [0, 0.1) is 13.8 Å². The zero-order valence-electron chi connectivity index (χ0n) is 21.7. The van der Waals surface area contributed by atoms with Gasteiger partial charge in [0.05, 0.1) is 17.2 Å². The summed E-state index contributed by atoms with van der Waals surface area (Å²) >= 11 is 0. The van der Waals surface area contributed by atoms with Crippen LogP contribution in [0.15, 0.2) is 71.8 Å². The largest absolute Gasteiger partial charge is 0.383 e. The predicted octanol–water partition coefficient (Wildman–Crippen LogP) is 6.22. The van der Waals surface area contributed by atoms with Crippen molar-refractivity contribution in [3.8, 4) is 0 Å². The molecule has 1 amide bonds. The summed E-state index contributed by atoms with van der Waals surface area (Å²) in [5.74, 6) is -0.187. The van der Waals surface area contributed by atoms with Gasteiger partial charge in [0.2, 0.25) is 0 Å². The van der Waals surface area contributed by atoms with Crippen LogP contribution >= 0.6 is 0 Å². The lowest BCUT2D eigenvalue weighted by atomic mass is 9.87. The first-order chi connectivity index (χ1) is 17.6. The number of fused-ring (bicyclic) bond motifs is 2. The lowest BCUT2D eigenvalue weighted by Gasteiger charge is -2.18. The number of aromatic nitrogens is 3. The third-order valence-electron chi connectivity index (χ3n) is 6.56. The fourth-order valence-electron chi connectivity index (χ4n) is 4.19. The van der Waals surface area contributed by atoms with Crippen molar-refractivity contribution in [3.05, 3.63) is 94.5 Å². The van der Waals surface area contributed by atoms with Crippen LogP contribution in [-0.4, -0.2) is 26.8 Å². The summed E-state index contributed by atoms with van der Waals surface area (Å²) in [5.41, 5.74) is 14.1. The number of carbonyl (C=O) groups excluding carboxylic acids is 1. The number of para-hydroxylation sites is 2. The molecule has 0 aliphatic heterocycles. The molecule has 0 aliphatic rings. The molecule has 0 spiro atoms. The number of hydrogen-bond donors (Lipinski definition) is 2. The van der Waals surface area contributed by atoms with Crippen LogP contribution in [0.2, 0.25) is 0 Å². The first-order valence-electron chi connectivity index (χ1n) is 12.2. The highest BCUT2D eigenvalue weighted by Crippen LogP contribution is 2.29. The van der Waals surface area contributed by atoms with Crippen molar-refractivity contribution in [2.45, 2.75) is 40.0 Å². The summed E-state index contributed by atoms with van der Waals surface area (Å²) in [6.45, 7) is 10.6. The molecule has 5 rings (SSSR count). The van der Waals surface area contributed by atoms with Gasteiger partial charge in [-0.05, 0) is 65.8 Å². The van der Waals surface area contributed by atoms with E-state index < -0.39 is 0 Å². The quantitative estimate of drug-likeness (QED) is 0.292. The number of nitrogen functional groups attached to an aromatic ring is 1. The number of anilines is 2. The number of nitrogens with zero attached hydrogens (tertiary/aromatic N) is 4. The van der Waals surface area contributed by atoms with Gasteiger partial charge < -0.3 is 11.1 Å². The van der Waals surface area contributed by atoms with Crippen LogP contribution in [0.5, 0.6) is 0 Å². The Bertz CT molecular complexity index is 1670. The number of nitrogens with two attached hydrogens (primary N) is 1. The molecule has 5 aromatic rings. The number of nitrogens with one attached hydrogen (secondary N) is 1. The van der Waals surface area contributed by atoms with E-state index in [1.165, 1.54) is 10.2 Å². The smallest absolute Gasteiger partial charge is 0.261 e. The first kappa shape index (κ1) is 24.2. The van der Waals surface area contributed by atoms with Crippen LogP contribution < -0.4 is 11.1 Å². The average molecular weight is 491 g/mol. The zero-order valence-corrected chi connectivity index (χ0v) is 21.7. The molecule has 7 heteroatoms. The summed E-state index contributed by atoms with van der Waals surface area (Å²) < 4.78 is 1.49. The van der Waals surface area contributed by atoms with E-state index in [9.17, 15) is 4.79 Å². The average Bonchev–Trinajstić information content (AvgIpc) is 3.13. The van der Waals surface area contributed by atoms with Crippen molar-refractivity contribution in [2.75, 3.05) is 11.1 Å². The van der Waals surface area contributed by atoms with Crippen molar-refractivity contribution < 1.29 is 4.79 Å². The molecule has 37 heavy (non-hydrogen) atoms. The SMILES string of the molecule is Cc1ccc(NC(=O)c2c(N)n(/N=C/c3ccc(C(C)(C)C)cc3)c3nc4ccccc4nc23)cc1C. The van der Waals surface area contributed by atoms with Crippen LogP contribution in [0.25, 0.3) is 22.2 Å². The topological polar surface area (TPSA) is 98.2 Å². The second-order valence-corrected chi connectivity index (χ2v) is 10.3. The minimum absolute atomic E-state index is 0.0611. The molecular weight excluding hydrogens is 460 g/mol. The van der Waals surface area contributed by atoms with Gasteiger partial charge in [-0.15, -0.1) is 0 Å². The molecule has 2 aromatic heterocycles. The van der Waals surface area contributed by atoms with Gasteiger partial charge in [-0.25, -0.2) is 9.97 Å². The molecule has 0 aliphatic carbocycles. The number of carbonyl (C=O) groups is 1. The summed E-state index contributed by atoms with van der Waals surface area (Å²) in [6.07, 6.45) is 1.71. The van der Waals surface area contributed by atoms with Gasteiger partial charge in [-0.1, -0.05) is 63.2 Å². The van der Waals surface area contributed by atoms with Gasteiger partial charge in [-0.3, -0.25) is 4.79 Å². The highest BCUT2D eigenvalue weighted by Gasteiger charge is 2.24. The zero-order chi connectivity index (χ0) is 26.3. The minimum atomic E-state index is -0.362. The molecule has 7 nitrogen and oxygen atoms in total. The lowest BCUT2D eigenvalue weighted by Crippen LogP contribution is -2.14. The second kappa shape index (κ2) is 9.17. The highest BCUT2D eigenvalue weighted by atomic mass is 16.1. The predicted molar refractivity (Wildman–Crippen MR) is 151 cm³/mol. The maximum atomic E-state index is 13.5. The number of rotatable bonds is 4. The summed E-state index contributed by atoms with van der Waals surface area (Å²) in [7, 11) is 0. The van der Waals surface area contributed by atoms with Crippen LogP contribution in [0.1, 0.15) is 53.4 Å². The van der Waals surface area contributed by atoms with Gasteiger partial charge in [0.25, 0.3) is 5.91 Å². The Morgan fingerprint density at radius 3 is 2.27 bits per heavy atom. The van der Waals surface area contributed by atoms with Gasteiger partial charge in [0.1, 0.15) is 16.9 Å². The van der Waals surface area contributed by atoms with E-state index in [1.807, 2.05) is 68.4 Å². The first-order valence-corrected chi connectivity index (χ1v) is 12.2. The highest BCUT2D eigenvalue weighted by molar-refractivity contribution is 6.16. The van der Waals surface area contributed by atoms with E-state index >= 15 is 0 Å². The van der Waals surface area contributed by atoms with E-state index in [0.29, 0.717) is 27.9 Å². The fourth-order valence-corrected chi connectivity index (χ4v) is 4.19.